The van der Waals surface area contributed by atoms with Gasteiger partial charge in [-0.2, -0.15) is 0 Å². The highest BCUT2D eigenvalue weighted by molar-refractivity contribution is 6.58. The summed E-state index contributed by atoms with van der Waals surface area (Å²) < 4.78 is 16.1. The molecule has 2 atom stereocenters. The Bertz CT molecular complexity index is 333. The molecule has 0 radical (unpaired) electrons. The van der Waals surface area contributed by atoms with E-state index in [1.54, 1.807) is 14.0 Å². The largest absolute Gasteiger partial charge is 0.504 e. The van der Waals surface area contributed by atoms with E-state index in [9.17, 15) is 4.80 Å². The van der Waals surface area contributed by atoms with Crippen molar-refractivity contribution in [1.82, 2.24) is 0 Å². The first-order valence-corrected chi connectivity index (χ1v) is 8.17. The first-order valence-electron chi connectivity index (χ1n) is 6.20. The third-order valence-corrected chi connectivity index (χ3v) is 4.69. The van der Waals surface area contributed by atoms with Crippen LogP contribution in [0.4, 0.5) is 0 Å². The van der Waals surface area contributed by atoms with Gasteiger partial charge in [0.25, 0.3) is 0 Å². The predicted molar refractivity (Wildman–Crippen MR) is 71.9 cm³/mol. The summed E-state index contributed by atoms with van der Waals surface area (Å²) >= 11 is 0. The van der Waals surface area contributed by atoms with Crippen molar-refractivity contribution in [3.05, 3.63) is 35.9 Å². The molecular formula is C13H22O4Si. The van der Waals surface area contributed by atoms with Gasteiger partial charge >= 0.3 is 8.80 Å². The molecule has 1 aromatic carbocycles. The Morgan fingerprint density at radius 3 is 2.50 bits per heavy atom. The third kappa shape index (κ3) is 5.28. The Hall–Kier alpha value is -0.723. The molecule has 0 saturated heterocycles. The van der Waals surface area contributed by atoms with Crippen LogP contribution in [0.5, 0.6) is 0 Å². The molecule has 1 rings (SSSR count). The minimum absolute atomic E-state index is 0.404. The van der Waals surface area contributed by atoms with Crippen LogP contribution in [0.3, 0.4) is 0 Å². The minimum atomic E-state index is -3.22. The number of hydrogen-bond donors (Lipinski definition) is 1. The number of rotatable bonds is 8. The van der Waals surface area contributed by atoms with E-state index in [0.717, 1.165) is 12.0 Å². The molecule has 0 saturated carbocycles. The fourth-order valence-corrected chi connectivity index (χ4v) is 3.69. The van der Waals surface area contributed by atoms with Gasteiger partial charge in [-0.15, -0.1) is 0 Å². The topological polar surface area (TPSA) is 47.9 Å². The fourth-order valence-electron chi connectivity index (χ4n) is 1.55. The van der Waals surface area contributed by atoms with Crippen LogP contribution in [0.1, 0.15) is 25.8 Å². The van der Waals surface area contributed by atoms with Crippen LogP contribution in [0.25, 0.3) is 0 Å². The quantitative estimate of drug-likeness (QED) is 0.581. The van der Waals surface area contributed by atoms with Crippen molar-refractivity contribution in [2.75, 3.05) is 13.7 Å². The zero-order valence-corrected chi connectivity index (χ0v) is 12.3. The van der Waals surface area contributed by atoms with Crippen LogP contribution in [0.15, 0.2) is 30.3 Å². The van der Waals surface area contributed by atoms with Gasteiger partial charge in [0, 0.05) is 19.8 Å². The van der Waals surface area contributed by atoms with Crippen LogP contribution in [0.2, 0.25) is 0 Å². The molecule has 0 aliphatic carbocycles. The van der Waals surface area contributed by atoms with E-state index in [2.05, 4.69) is 0 Å². The summed E-state index contributed by atoms with van der Waals surface area (Å²) in [5, 5.41) is 0. The summed E-state index contributed by atoms with van der Waals surface area (Å²) in [4.78, 5) is 10.5. The Morgan fingerprint density at radius 2 is 1.94 bits per heavy atom. The van der Waals surface area contributed by atoms with Crippen LogP contribution in [0, 0.1) is 0 Å². The molecule has 1 N–H and O–H groups in total. The molecule has 18 heavy (non-hydrogen) atoms. The predicted octanol–water partition coefficient (Wildman–Crippen LogP) is 2.14. The Kier molecular flexibility index (Phi) is 6.52. The highest BCUT2D eigenvalue weighted by Crippen LogP contribution is 2.15. The van der Waals surface area contributed by atoms with Crippen LogP contribution >= 0.6 is 0 Å². The summed E-state index contributed by atoms with van der Waals surface area (Å²) in [7, 11) is -1.68. The van der Waals surface area contributed by atoms with E-state index in [1.807, 2.05) is 37.3 Å². The van der Waals surface area contributed by atoms with E-state index in [1.165, 1.54) is 0 Å². The van der Waals surface area contributed by atoms with Crippen LogP contribution in [-0.2, 0) is 19.6 Å². The molecule has 1 aromatic rings. The highest BCUT2D eigenvalue weighted by atomic mass is 28.4. The van der Waals surface area contributed by atoms with E-state index >= 15 is 0 Å². The van der Waals surface area contributed by atoms with Crippen molar-refractivity contribution >= 4 is 8.80 Å². The Labute approximate surface area is 110 Å². The average Bonchev–Trinajstić information content (AvgIpc) is 2.37. The molecule has 4 nitrogen and oxygen atoms in total. The van der Waals surface area contributed by atoms with Gasteiger partial charge in [0.05, 0.1) is 0 Å². The molecule has 0 amide bonds. The van der Waals surface area contributed by atoms with Gasteiger partial charge in [0.15, 0.2) is 0 Å². The first-order chi connectivity index (χ1) is 8.59. The van der Waals surface area contributed by atoms with E-state index < -0.39 is 15.1 Å². The molecule has 0 aliphatic heterocycles. The number of benzene rings is 1. The molecular weight excluding hydrogens is 248 g/mol. The lowest BCUT2D eigenvalue weighted by Gasteiger charge is -2.27. The molecule has 0 spiro atoms. The normalized spacial score (nSPS) is 16.2. The van der Waals surface area contributed by atoms with Crippen LogP contribution < -0.4 is 0 Å². The van der Waals surface area contributed by atoms with E-state index in [-0.39, 0.29) is 0 Å². The first kappa shape index (κ1) is 15.3. The second-order valence-electron chi connectivity index (χ2n) is 4.14. The van der Waals surface area contributed by atoms with Crippen molar-refractivity contribution in [3.63, 3.8) is 0 Å². The summed E-state index contributed by atoms with van der Waals surface area (Å²) in [6.45, 7) is 4.24. The second-order valence-corrected chi connectivity index (χ2v) is 6.45. The number of hydrogen-bond acceptors (Lipinski definition) is 4. The van der Waals surface area contributed by atoms with E-state index in [4.69, 9.17) is 13.6 Å². The SMILES string of the molecule is CCCO[Si](O)(Cc1ccccc1)OC(C)OC. The van der Waals surface area contributed by atoms with Gasteiger partial charge in [-0.25, -0.2) is 0 Å². The minimum Gasteiger partial charge on any atom is -0.389 e. The number of ether oxygens (including phenoxy) is 1. The van der Waals surface area contributed by atoms with Gasteiger partial charge in [-0.05, 0) is 18.9 Å². The van der Waals surface area contributed by atoms with Gasteiger partial charge in [0.2, 0.25) is 0 Å². The van der Waals surface area contributed by atoms with Gasteiger partial charge in [-0.1, -0.05) is 37.3 Å². The maximum atomic E-state index is 10.5. The Morgan fingerprint density at radius 1 is 1.28 bits per heavy atom. The lowest BCUT2D eigenvalue weighted by atomic mass is 10.2. The maximum absolute atomic E-state index is 10.5. The maximum Gasteiger partial charge on any atom is 0.504 e. The molecule has 0 aromatic heterocycles. The summed E-state index contributed by atoms with van der Waals surface area (Å²) in [5.74, 6) is 0. The zero-order chi connectivity index (χ0) is 13.4. The van der Waals surface area contributed by atoms with Crippen LogP contribution in [-0.4, -0.2) is 33.6 Å². The average molecular weight is 270 g/mol. The summed E-state index contributed by atoms with van der Waals surface area (Å²) in [5.41, 5.74) is 1.01. The van der Waals surface area contributed by atoms with E-state index in [0.29, 0.717) is 12.7 Å². The zero-order valence-electron chi connectivity index (χ0n) is 11.3. The molecule has 5 heteroatoms. The molecule has 0 heterocycles. The van der Waals surface area contributed by atoms with Crippen molar-refractivity contribution in [2.24, 2.45) is 0 Å². The van der Waals surface area contributed by atoms with Gasteiger partial charge in [-0.3, -0.25) is 0 Å². The van der Waals surface area contributed by atoms with Gasteiger partial charge < -0.3 is 18.4 Å². The summed E-state index contributed by atoms with van der Waals surface area (Å²) in [6.07, 6.45) is 0.372. The molecule has 0 aliphatic rings. The fraction of sp³-hybridized carbons (Fsp3) is 0.538. The molecule has 102 valence electrons. The molecule has 0 bridgehead atoms. The molecule has 0 fully saturated rings. The smallest absolute Gasteiger partial charge is 0.389 e. The van der Waals surface area contributed by atoms with Gasteiger partial charge in [0.1, 0.15) is 6.29 Å². The van der Waals surface area contributed by atoms with Crippen molar-refractivity contribution in [2.45, 2.75) is 32.6 Å². The van der Waals surface area contributed by atoms with Crippen molar-refractivity contribution in [1.29, 1.82) is 0 Å². The number of methoxy groups -OCH3 is 1. The lowest BCUT2D eigenvalue weighted by molar-refractivity contribution is -0.0824. The third-order valence-electron chi connectivity index (χ3n) is 2.48. The second kappa shape index (κ2) is 7.65. The standard InChI is InChI=1S/C13H22O4Si/c1-4-10-16-18(14,17-12(2)15-3)11-13-8-6-5-7-9-13/h5-9,12,14H,4,10-11H2,1-3H3. The summed E-state index contributed by atoms with van der Waals surface area (Å²) in [6, 6.07) is 10.1. The monoisotopic (exact) mass is 270 g/mol. The van der Waals surface area contributed by atoms with Crippen molar-refractivity contribution < 1.29 is 18.4 Å². The molecule has 2 unspecified atom stereocenters. The lowest BCUT2D eigenvalue weighted by Crippen LogP contribution is -2.48. The Balaban J connectivity index is 2.70. The highest BCUT2D eigenvalue weighted by Gasteiger charge is 2.39. The van der Waals surface area contributed by atoms with Crippen molar-refractivity contribution in [3.8, 4) is 0 Å².